The van der Waals surface area contributed by atoms with Gasteiger partial charge in [-0.1, -0.05) is 191 Å². The van der Waals surface area contributed by atoms with E-state index in [4.69, 9.17) is 4.98 Å². The van der Waals surface area contributed by atoms with Crippen LogP contribution in [0, 0.1) is 0 Å². The van der Waals surface area contributed by atoms with Crippen LogP contribution in [0.3, 0.4) is 0 Å². The molecular formula is C63H46N2. The largest absolute Gasteiger partial charge is 0.308 e. The SMILES string of the molecule is CC1(C)c2ccccc2-c2ccc(N(c3ccc4c(c3)C(C)(C)c3cc(-c5c6ccccc6c(-c6cccc7ccccc67)c6ccccc56)ccc3-4)c3cncc4ccccc34)cc21. The molecule has 0 amide bonds. The van der Waals surface area contributed by atoms with Gasteiger partial charge in [0.1, 0.15) is 0 Å². The number of rotatable bonds is 5. The smallest absolute Gasteiger partial charge is 0.0723 e. The Morgan fingerprint density at radius 3 is 1.46 bits per heavy atom. The summed E-state index contributed by atoms with van der Waals surface area (Å²) in [5, 5.41) is 9.90. The van der Waals surface area contributed by atoms with Crippen molar-refractivity contribution in [2.75, 3.05) is 4.90 Å². The van der Waals surface area contributed by atoms with Crippen LogP contribution in [0.4, 0.5) is 17.1 Å². The molecule has 2 heteroatoms. The van der Waals surface area contributed by atoms with Gasteiger partial charge < -0.3 is 4.90 Å². The average molecular weight is 831 g/mol. The van der Waals surface area contributed by atoms with Crippen molar-refractivity contribution >= 4 is 60.2 Å². The van der Waals surface area contributed by atoms with Crippen LogP contribution < -0.4 is 4.90 Å². The zero-order valence-corrected chi connectivity index (χ0v) is 37.0. The van der Waals surface area contributed by atoms with Crippen LogP contribution in [-0.4, -0.2) is 4.98 Å². The fraction of sp³-hybridized carbons (Fsp3) is 0.0952. The highest BCUT2D eigenvalue weighted by molar-refractivity contribution is 6.23. The molecule has 1 heterocycles. The number of anilines is 3. The minimum absolute atomic E-state index is 0.128. The van der Waals surface area contributed by atoms with Gasteiger partial charge in [0.05, 0.1) is 11.9 Å². The first kappa shape index (κ1) is 37.7. The molecule has 65 heavy (non-hydrogen) atoms. The van der Waals surface area contributed by atoms with Crippen LogP contribution in [0.15, 0.2) is 207 Å². The Balaban J connectivity index is 0.974. The van der Waals surface area contributed by atoms with Gasteiger partial charge >= 0.3 is 0 Å². The van der Waals surface area contributed by atoms with E-state index in [1.54, 1.807) is 0 Å². The van der Waals surface area contributed by atoms with Crippen molar-refractivity contribution in [3.8, 4) is 44.5 Å². The zero-order valence-electron chi connectivity index (χ0n) is 37.0. The van der Waals surface area contributed by atoms with E-state index in [2.05, 4.69) is 227 Å². The van der Waals surface area contributed by atoms with Crippen molar-refractivity contribution < 1.29 is 0 Å². The summed E-state index contributed by atoms with van der Waals surface area (Å²) < 4.78 is 0. The van der Waals surface area contributed by atoms with Crippen molar-refractivity contribution in [3.63, 3.8) is 0 Å². The molecule has 11 aromatic rings. The summed E-state index contributed by atoms with van der Waals surface area (Å²) in [6.45, 7) is 9.54. The lowest BCUT2D eigenvalue weighted by Crippen LogP contribution is -2.18. The molecule has 0 fully saturated rings. The van der Waals surface area contributed by atoms with E-state index in [0.717, 1.165) is 22.4 Å². The molecule has 0 spiro atoms. The van der Waals surface area contributed by atoms with E-state index in [0.29, 0.717) is 0 Å². The van der Waals surface area contributed by atoms with Crippen LogP contribution in [0.25, 0.3) is 87.6 Å². The van der Waals surface area contributed by atoms with Gasteiger partial charge in [0.2, 0.25) is 0 Å². The molecule has 0 unspecified atom stereocenters. The van der Waals surface area contributed by atoms with Crippen molar-refractivity contribution in [3.05, 3.63) is 229 Å². The van der Waals surface area contributed by atoms with Gasteiger partial charge in [-0.15, -0.1) is 0 Å². The summed E-state index contributed by atoms with van der Waals surface area (Å²) in [4.78, 5) is 7.27. The van der Waals surface area contributed by atoms with Crippen LogP contribution in [0.2, 0.25) is 0 Å². The molecule has 0 N–H and O–H groups in total. The fourth-order valence-corrected chi connectivity index (χ4v) is 11.7. The van der Waals surface area contributed by atoms with Crippen LogP contribution in [0.5, 0.6) is 0 Å². The number of hydrogen-bond donors (Lipinski definition) is 0. The maximum atomic E-state index is 4.83. The Morgan fingerprint density at radius 1 is 0.338 bits per heavy atom. The number of nitrogens with zero attached hydrogens (tertiary/aromatic N) is 2. The summed E-state index contributed by atoms with van der Waals surface area (Å²) in [6, 6.07) is 72.5. The molecule has 308 valence electrons. The maximum Gasteiger partial charge on any atom is 0.0723 e. The highest BCUT2D eigenvalue weighted by Gasteiger charge is 2.38. The quantitative estimate of drug-likeness (QED) is 0.161. The standard InChI is InChI=1S/C63H46N2/c1-62(2)55-27-14-13-21-46(55)48-32-29-42(35-57(48)62)65(59-38-64-37-41-17-6-8-20-45(41)59)43-30-33-49-47-31-28-40(34-56(47)63(3,4)58(49)36-43)60-51-22-9-11-24-53(51)61(54-25-12-10-23-52(54)60)50-26-15-18-39-16-5-7-19-44(39)50/h5-38H,1-4H3. The van der Waals surface area contributed by atoms with Crippen LogP contribution in [0.1, 0.15) is 49.9 Å². The van der Waals surface area contributed by atoms with E-state index in [9.17, 15) is 0 Å². The second-order valence-electron chi connectivity index (χ2n) is 19.1. The minimum atomic E-state index is -0.268. The van der Waals surface area contributed by atoms with Gasteiger partial charge in [-0.3, -0.25) is 4.98 Å². The highest BCUT2D eigenvalue weighted by atomic mass is 15.1. The zero-order chi connectivity index (χ0) is 43.6. The third-order valence-electron chi connectivity index (χ3n) is 14.9. The van der Waals surface area contributed by atoms with Crippen molar-refractivity contribution in [2.45, 2.75) is 38.5 Å². The predicted molar refractivity (Wildman–Crippen MR) is 275 cm³/mol. The van der Waals surface area contributed by atoms with Gasteiger partial charge in [0.25, 0.3) is 0 Å². The van der Waals surface area contributed by atoms with Gasteiger partial charge in [0.15, 0.2) is 0 Å². The van der Waals surface area contributed by atoms with Crippen molar-refractivity contribution in [2.24, 2.45) is 0 Å². The van der Waals surface area contributed by atoms with Gasteiger partial charge in [0, 0.05) is 39.2 Å². The first-order valence-electron chi connectivity index (χ1n) is 22.9. The lowest BCUT2D eigenvalue weighted by Gasteiger charge is -2.30. The molecule has 0 bridgehead atoms. The summed E-state index contributed by atoms with van der Waals surface area (Å²) in [7, 11) is 0. The molecule has 0 atom stereocenters. The molecular weight excluding hydrogens is 785 g/mol. The van der Waals surface area contributed by atoms with E-state index in [1.165, 1.54) is 104 Å². The molecule has 2 aliphatic carbocycles. The molecule has 10 aromatic carbocycles. The monoisotopic (exact) mass is 830 g/mol. The van der Waals surface area contributed by atoms with Crippen molar-refractivity contribution in [1.29, 1.82) is 0 Å². The summed E-state index contributed by atoms with van der Waals surface area (Å²) >= 11 is 0. The average Bonchev–Trinajstić information content (AvgIpc) is 3.71. The summed E-state index contributed by atoms with van der Waals surface area (Å²) in [5.41, 5.74) is 18.7. The lowest BCUT2D eigenvalue weighted by molar-refractivity contribution is 0.660. The van der Waals surface area contributed by atoms with Gasteiger partial charge in [-0.05, 0) is 129 Å². The van der Waals surface area contributed by atoms with E-state index < -0.39 is 0 Å². The van der Waals surface area contributed by atoms with E-state index in [1.807, 2.05) is 12.4 Å². The number of pyridine rings is 1. The van der Waals surface area contributed by atoms with Crippen LogP contribution >= 0.6 is 0 Å². The third-order valence-corrected chi connectivity index (χ3v) is 14.9. The molecule has 13 rings (SSSR count). The van der Waals surface area contributed by atoms with Gasteiger partial charge in [-0.25, -0.2) is 0 Å². The number of benzene rings is 10. The lowest BCUT2D eigenvalue weighted by atomic mass is 9.80. The number of fused-ring (bicyclic) bond motifs is 10. The van der Waals surface area contributed by atoms with E-state index in [-0.39, 0.29) is 10.8 Å². The molecule has 0 saturated heterocycles. The minimum Gasteiger partial charge on any atom is -0.308 e. The third kappa shape index (κ3) is 5.44. The second kappa shape index (κ2) is 13.8. The molecule has 0 radical (unpaired) electrons. The molecule has 0 saturated carbocycles. The maximum absolute atomic E-state index is 4.83. The second-order valence-corrected chi connectivity index (χ2v) is 19.1. The Bertz CT molecular complexity index is 3730. The van der Waals surface area contributed by atoms with Gasteiger partial charge in [-0.2, -0.15) is 0 Å². The topological polar surface area (TPSA) is 16.1 Å². The summed E-state index contributed by atoms with van der Waals surface area (Å²) in [6.07, 6.45) is 4.01. The summed E-state index contributed by atoms with van der Waals surface area (Å²) in [5.74, 6) is 0. The Morgan fingerprint density at radius 2 is 0.800 bits per heavy atom. The molecule has 2 aliphatic rings. The first-order chi connectivity index (χ1) is 31.8. The molecule has 0 aliphatic heterocycles. The van der Waals surface area contributed by atoms with E-state index >= 15 is 0 Å². The fourth-order valence-electron chi connectivity index (χ4n) is 11.7. The Kier molecular flexibility index (Phi) is 8.03. The highest BCUT2D eigenvalue weighted by Crippen LogP contribution is 2.55. The first-order valence-corrected chi connectivity index (χ1v) is 22.9. The molecule has 2 nitrogen and oxygen atoms in total. The Labute approximate surface area is 380 Å². The molecule has 1 aromatic heterocycles. The Hall–Kier alpha value is -7.81. The van der Waals surface area contributed by atoms with Crippen LogP contribution in [-0.2, 0) is 10.8 Å². The normalized spacial score (nSPS) is 14.1. The number of hydrogen-bond acceptors (Lipinski definition) is 2. The number of aromatic nitrogens is 1. The predicted octanol–water partition coefficient (Wildman–Crippen LogP) is 17.1. The van der Waals surface area contributed by atoms with Crippen molar-refractivity contribution in [1.82, 2.24) is 4.98 Å².